The van der Waals surface area contributed by atoms with Crippen LogP contribution in [-0.2, 0) is 15.2 Å². The summed E-state index contributed by atoms with van der Waals surface area (Å²) >= 11 is 0. The molecule has 0 aliphatic carbocycles. The Kier molecular flexibility index (Phi) is 10.5. The van der Waals surface area contributed by atoms with Crippen LogP contribution in [0.25, 0.3) is 5.57 Å². The van der Waals surface area contributed by atoms with Gasteiger partial charge in [0.05, 0.1) is 0 Å². The van der Waals surface area contributed by atoms with Crippen LogP contribution in [0.4, 0.5) is 0 Å². The maximum atomic E-state index is 11.9. The monoisotopic (exact) mass is 491 g/mol. The van der Waals surface area contributed by atoms with Crippen molar-refractivity contribution < 1.29 is 30.4 Å². The highest BCUT2D eigenvalue weighted by molar-refractivity contribution is 6.27. The van der Waals surface area contributed by atoms with Crippen LogP contribution in [0, 0.1) is 5.92 Å². The molecule has 7 nitrogen and oxygen atoms in total. The van der Waals surface area contributed by atoms with E-state index in [1.54, 1.807) is 0 Å². The lowest BCUT2D eigenvalue weighted by atomic mass is 9.76. The maximum absolute atomic E-state index is 11.9. The molecule has 36 heavy (non-hydrogen) atoms. The summed E-state index contributed by atoms with van der Waals surface area (Å²) in [4.78, 5) is 20.7. The van der Waals surface area contributed by atoms with Gasteiger partial charge in [-0.05, 0) is 28.7 Å². The van der Waals surface area contributed by atoms with Gasteiger partial charge in [0.15, 0.2) is 0 Å². The number of aliphatic hydroxyl groups is 1. The summed E-state index contributed by atoms with van der Waals surface area (Å²) < 4.78 is 0. The van der Waals surface area contributed by atoms with Crippen LogP contribution < -0.4 is 0 Å². The van der Waals surface area contributed by atoms with Crippen molar-refractivity contribution in [1.29, 1.82) is 0 Å². The fourth-order valence-corrected chi connectivity index (χ4v) is 4.43. The van der Waals surface area contributed by atoms with Gasteiger partial charge in [0.1, 0.15) is 5.60 Å². The SMILES string of the molecule is CC(CN1CC=C(c2ccccc2)CC1)C(O)(c1ccccc1)c1ccccc1.O.O=C(O)C(=O)O. The van der Waals surface area contributed by atoms with Gasteiger partial charge < -0.3 is 20.8 Å². The second-order valence-electron chi connectivity index (χ2n) is 8.61. The topological polar surface area (TPSA) is 130 Å². The average molecular weight is 492 g/mol. The third-order valence-electron chi connectivity index (χ3n) is 6.29. The Morgan fingerprint density at radius 3 is 1.67 bits per heavy atom. The highest BCUT2D eigenvalue weighted by Crippen LogP contribution is 2.37. The highest BCUT2D eigenvalue weighted by atomic mass is 16.4. The number of carboxylic acids is 2. The minimum Gasteiger partial charge on any atom is -0.473 e. The van der Waals surface area contributed by atoms with Gasteiger partial charge in [-0.25, -0.2) is 9.59 Å². The van der Waals surface area contributed by atoms with Crippen molar-refractivity contribution in [3.63, 3.8) is 0 Å². The summed E-state index contributed by atoms with van der Waals surface area (Å²) in [6, 6.07) is 30.8. The molecule has 1 aliphatic heterocycles. The molecule has 1 atom stereocenters. The first-order valence-electron chi connectivity index (χ1n) is 11.6. The quantitative estimate of drug-likeness (QED) is 0.451. The Labute approximate surface area is 211 Å². The standard InChI is InChI=1S/C27H29NO.C2H2O4.H2O/c1-22(21-28-19-17-24(18-20-28)23-11-5-2-6-12-23)27(29,25-13-7-3-8-14-25)26-15-9-4-10-16-26;3-1(4)2(5)6;/h2-17,22,29H,18-21H2,1H3;(H,3,4)(H,5,6);1H2. The second-order valence-corrected chi connectivity index (χ2v) is 8.61. The van der Waals surface area contributed by atoms with Crippen LogP contribution in [0.2, 0.25) is 0 Å². The second kappa shape index (κ2) is 13.3. The fourth-order valence-electron chi connectivity index (χ4n) is 4.43. The zero-order valence-corrected chi connectivity index (χ0v) is 20.2. The molecule has 1 unspecified atom stereocenters. The molecule has 4 rings (SSSR count). The predicted molar refractivity (Wildman–Crippen MR) is 139 cm³/mol. The molecule has 0 fully saturated rings. The molecule has 3 aromatic rings. The minimum absolute atomic E-state index is 0. The number of hydrogen-bond acceptors (Lipinski definition) is 4. The Balaban J connectivity index is 0.000000584. The van der Waals surface area contributed by atoms with Crippen LogP contribution in [0.3, 0.4) is 0 Å². The molecule has 0 amide bonds. The number of rotatable bonds is 6. The lowest BCUT2D eigenvalue weighted by molar-refractivity contribution is -0.159. The van der Waals surface area contributed by atoms with Crippen molar-refractivity contribution in [3.8, 4) is 0 Å². The Hall–Kier alpha value is -3.78. The molecule has 3 aromatic carbocycles. The molecule has 0 radical (unpaired) electrons. The molecular weight excluding hydrogens is 458 g/mol. The molecule has 0 spiro atoms. The molecule has 5 N–H and O–H groups in total. The number of carbonyl (C=O) groups is 2. The van der Waals surface area contributed by atoms with E-state index in [9.17, 15) is 5.11 Å². The third-order valence-corrected chi connectivity index (χ3v) is 6.29. The largest absolute Gasteiger partial charge is 0.473 e. The van der Waals surface area contributed by atoms with Gasteiger partial charge in [0.2, 0.25) is 0 Å². The van der Waals surface area contributed by atoms with E-state index >= 15 is 0 Å². The van der Waals surface area contributed by atoms with Crippen molar-refractivity contribution in [1.82, 2.24) is 4.90 Å². The van der Waals surface area contributed by atoms with Crippen molar-refractivity contribution in [3.05, 3.63) is 114 Å². The average Bonchev–Trinajstić information content (AvgIpc) is 2.90. The van der Waals surface area contributed by atoms with Crippen LogP contribution in [-0.4, -0.2) is 57.3 Å². The zero-order valence-electron chi connectivity index (χ0n) is 20.2. The van der Waals surface area contributed by atoms with Gasteiger partial charge in [0, 0.05) is 25.6 Å². The van der Waals surface area contributed by atoms with Gasteiger partial charge in [-0.1, -0.05) is 104 Å². The first kappa shape index (κ1) is 28.5. The van der Waals surface area contributed by atoms with Gasteiger partial charge in [-0.3, -0.25) is 4.90 Å². The van der Waals surface area contributed by atoms with Crippen LogP contribution in [0.1, 0.15) is 30.0 Å². The minimum atomic E-state index is -1.82. The molecule has 0 saturated heterocycles. The molecule has 0 aromatic heterocycles. The molecule has 1 heterocycles. The predicted octanol–water partition coefficient (Wildman–Crippen LogP) is 3.68. The molecule has 190 valence electrons. The molecule has 7 heteroatoms. The van der Waals surface area contributed by atoms with E-state index in [1.807, 2.05) is 60.7 Å². The fraction of sp³-hybridized carbons (Fsp3) is 0.241. The van der Waals surface area contributed by atoms with Crippen LogP contribution in [0.5, 0.6) is 0 Å². The molecule has 0 bridgehead atoms. The lowest BCUT2D eigenvalue weighted by Crippen LogP contribution is -2.43. The summed E-state index contributed by atoms with van der Waals surface area (Å²) in [6.07, 6.45) is 3.39. The lowest BCUT2D eigenvalue weighted by Gasteiger charge is -2.39. The van der Waals surface area contributed by atoms with E-state index in [0.717, 1.165) is 37.2 Å². The first-order chi connectivity index (χ1) is 16.8. The smallest absolute Gasteiger partial charge is 0.414 e. The van der Waals surface area contributed by atoms with Crippen molar-refractivity contribution in [2.24, 2.45) is 5.92 Å². The molecular formula is C29H33NO6. The first-order valence-corrected chi connectivity index (χ1v) is 11.6. The molecule has 0 saturated carbocycles. The Morgan fingerprint density at radius 2 is 1.28 bits per heavy atom. The summed E-state index contributed by atoms with van der Waals surface area (Å²) in [5.41, 5.74) is 3.65. The van der Waals surface area contributed by atoms with E-state index in [-0.39, 0.29) is 11.4 Å². The summed E-state index contributed by atoms with van der Waals surface area (Å²) in [7, 11) is 0. The zero-order chi connectivity index (χ0) is 25.3. The van der Waals surface area contributed by atoms with Crippen molar-refractivity contribution >= 4 is 17.5 Å². The van der Waals surface area contributed by atoms with E-state index in [1.165, 1.54) is 11.1 Å². The van der Waals surface area contributed by atoms with Gasteiger partial charge in [-0.15, -0.1) is 0 Å². The van der Waals surface area contributed by atoms with Crippen molar-refractivity contribution in [2.45, 2.75) is 18.9 Å². The van der Waals surface area contributed by atoms with Crippen molar-refractivity contribution in [2.75, 3.05) is 19.6 Å². The van der Waals surface area contributed by atoms with E-state index < -0.39 is 17.5 Å². The highest BCUT2D eigenvalue weighted by Gasteiger charge is 2.38. The number of carboxylic acid groups (broad SMARTS) is 2. The van der Waals surface area contributed by atoms with Crippen LogP contribution >= 0.6 is 0 Å². The normalized spacial score (nSPS) is 14.3. The van der Waals surface area contributed by atoms with Gasteiger partial charge >= 0.3 is 11.9 Å². The third kappa shape index (κ3) is 7.11. The Bertz CT molecular complexity index is 1080. The number of hydrogen-bond donors (Lipinski definition) is 3. The molecule has 1 aliphatic rings. The number of benzene rings is 3. The number of nitrogens with zero attached hydrogens (tertiary/aromatic N) is 1. The van der Waals surface area contributed by atoms with Crippen LogP contribution in [0.15, 0.2) is 97.1 Å². The van der Waals surface area contributed by atoms with E-state index in [4.69, 9.17) is 19.8 Å². The van der Waals surface area contributed by atoms with Gasteiger partial charge in [0.25, 0.3) is 0 Å². The summed E-state index contributed by atoms with van der Waals surface area (Å²) in [5, 5.41) is 26.7. The van der Waals surface area contributed by atoms with Gasteiger partial charge in [-0.2, -0.15) is 0 Å². The summed E-state index contributed by atoms with van der Waals surface area (Å²) in [6.45, 7) is 4.95. The summed E-state index contributed by atoms with van der Waals surface area (Å²) in [5.74, 6) is -3.59. The number of aliphatic carboxylic acids is 2. The maximum Gasteiger partial charge on any atom is 0.414 e. The van der Waals surface area contributed by atoms with E-state index in [2.05, 4.69) is 48.2 Å². The Morgan fingerprint density at radius 1 is 0.833 bits per heavy atom. The van der Waals surface area contributed by atoms with E-state index in [0.29, 0.717) is 0 Å².